The Morgan fingerprint density at radius 3 is 2.47 bits per heavy atom. The number of hydrogen-bond donors (Lipinski definition) is 1. The Hall–Kier alpha value is -1.45. The van der Waals surface area contributed by atoms with Gasteiger partial charge in [-0.2, -0.15) is 0 Å². The van der Waals surface area contributed by atoms with E-state index in [1.165, 1.54) is 0 Å². The molecule has 15 heavy (non-hydrogen) atoms. The van der Waals surface area contributed by atoms with Crippen LogP contribution < -0.4 is 0 Å². The highest BCUT2D eigenvalue weighted by atomic mass is 15.0. The average Bonchev–Trinajstić information content (AvgIpc) is 2.67. The van der Waals surface area contributed by atoms with E-state index in [1.54, 1.807) is 6.33 Å². The molecule has 0 fully saturated rings. The van der Waals surface area contributed by atoms with Crippen molar-refractivity contribution in [2.75, 3.05) is 0 Å². The molecule has 2 aromatic heterocycles. The van der Waals surface area contributed by atoms with Crippen LogP contribution in [0.4, 0.5) is 0 Å². The van der Waals surface area contributed by atoms with E-state index in [0.717, 1.165) is 22.7 Å². The van der Waals surface area contributed by atoms with Gasteiger partial charge in [-0.25, -0.2) is 15.0 Å². The molecule has 4 nitrogen and oxygen atoms in total. The Balaban J connectivity index is 0.000000531. The molecule has 0 unspecified atom stereocenters. The van der Waals surface area contributed by atoms with E-state index in [9.17, 15) is 0 Å². The highest BCUT2D eigenvalue weighted by Crippen LogP contribution is 2.19. The van der Waals surface area contributed by atoms with Gasteiger partial charge in [0.15, 0.2) is 5.65 Å². The fraction of sp³-hybridized carbons (Fsp3) is 0.545. The van der Waals surface area contributed by atoms with Crippen molar-refractivity contribution in [3.63, 3.8) is 0 Å². The van der Waals surface area contributed by atoms with E-state index in [2.05, 4.69) is 33.8 Å². The number of nitrogens with zero attached hydrogens (tertiary/aromatic N) is 3. The summed E-state index contributed by atoms with van der Waals surface area (Å²) in [5.74, 6) is 1.17. The van der Waals surface area contributed by atoms with Gasteiger partial charge in [-0.1, -0.05) is 27.7 Å². The zero-order valence-corrected chi connectivity index (χ0v) is 10.00. The lowest BCUT2D eigenvalue weighted by molar-refractivity contribution is 0.814. The Bertz CT molecular complexity index is 431. The third-order valence-corrected chi connectivity index (χ3v) is 1.97. The molecule has 0 aliphatic rings. The molecule has 0 spiro atoms. The minimum absolute atomic E-state index is 0.393. The summed E-state index contributed by atoms with van der Waals surface area (Å²) >= 11 is 0. The number of rotatable bonds is 1. The number of aromatic nitrogens is 4. The number of imidazole rings is 1. The van der Waals surface area contributed by atoms with E-state index < -0.39 is 0 Å². The van der Waals surface area contributed by atoms with Gasteiger partial charge in [0.05, 0.1) is 12.0 Å². The number of H-pyrrole nitrogens is 1. The molecule has 82 valence electrons. The molecule has 0 bridgehead atoms. The van der Waals surface area contributed by atoms with Crippen LogP contribution in [-0.4, -0.2) is 19.9 Å². The number of fused-ring (bicyclic) bond motifs is 1. The second-order valence-corrected chi connectivity index (χ2v) is 3.41. The molecule has 2 heterocycles. The molecule has 0 aromatic carbocycles. The van der Waals surface area contributed by atoms with E-state index in [4.69, 9.17) is 0 Å². The Morgan fingerprint density at radius 2 is 1.87 bits per heavy atom. The molecule has 1 N–H and O–H groups in total. The fourth-order valence-corrected chi connectivity index (χ4v) is 1.39. The van der Waals surface area contributed by atoms with Crippen LogP contribution in [0.5, 0.6) is 0 Å². The van der Waals surface area contributed by atoms with Crippen molar-refractivity contribution in [1.82, 2.24) is 19.9 Å². The third-order valence-electron chi connectivity index (χ3n) is 1.97. The Labute approximate surface area is 90.2 Å². The topological polar surface area (TPSA) is 54.5 Å². The van der Waals surface area contributed by atoms with Gasteiger partial charge < -0.3 is 4.98 Å². The molecule has 0 atom stereocenters. The zero-order chi connectivity index (χ0) is 11.4. The van der Waals surface area contributed by atoms with Crippen molar-refractivity contribution < 1.29 is 0 Å². The van der Waals surface area contributed by atoms with Gasteiger partial charge in [0.2, 0.25) is 0 Å². The van der Waals surface area contributed by atoms with Gasteiger partial charge in [0.25, 0.3) is 0 Å². The van der Waals surface area contributed by atoms with E-state index in [0.29, 0.717) is 5.92 Å². The summed E-state index contributed by atoms with van der Waals surface area (Å²) in [7, 11) is 0. The van der Waals surface area contributed by atoms with Crippen molar-refractivity contribution in [1.29, 1.82) is 0 Å². The molecular weight excluding hydrogens is 188 g/mol. The monoisotopic (exact) mass is 206 g/mol. The predicted molar refractivity (Wildman–Crippen MR) is 61.9 cm³/mol. The maximum atomic E-state index is 4.39. The van der Waals surface area contributed by atoms with Crippen LogP contribution in [0, 0.1) is 6.92 Å². The Morgan fingerprint density at radius 1 is 1.20 bits per heavy atom. The lowest BCUT2D eigenvalue weighted by Crippen LogP contribution is -1.99. The summed E-state index contributed by atoms with van der Waals surface area (Å²) in [4.78, 5) is 15.8. The molecule has 0 aliphatic carbocycles. The average molecular weight is 206 g/mol. The minimum atomic E-state index is 0.393. The van der Waals surface area contributed by atoms with E-state index >= 15 is 0 Å². The van der Waals surface area contributed by atoms with Gasteiger partial charge in [-0.05, 0) is 12.8 Å². The van der Waals surface area contributed by atoms with Crippen molar-refractivity contribution in [3.05, 3.63) is 17.8 Å². The van der Waals surface area contributed by atoms with Crippen LogP contribution >= 0.6 is 0 Å². The highest BCUT2D eigenvalue weighted by molar-refractivity contribution is 5.72. The number of nitrogens with one attached hydrogen (secondary N) is 1. The first kappa shape index (κ1) is 11.6. The van der Waals surface area contributed by atoms with Crippen molar-refractivity contribution in [2.45, 2.75) is 40.5 Å². The van der Waals surface area contributed by atoms with Crippen molar-refractivity contribution >= 4 is 11.2 Å². The number of hydrogen-bond acceptors (Lipinski definition) is 3. The first-order chi connectivity index (χ1) is 7.18. The van der Waals surface area contributed by atoms with Gasteiger partial charge in [-0.3, -0.25) is 0 Å². The Kier molecular flexibility index (Phi) is 3.77. The molecule has 0 saturated heterocycles. The third kappa shape index (κ3) is 2.32. The summed E-state index contributed by atoms with van der Waals surface area (Å²) < 4.78 is 0. The van der Waals surface area contributed by atoms with Crippen molar-refractivity contribution in [3.8, 4) is 0 Å². The van der Waals surface area contributed by atoms with Crippen LogP contribution in [0.3, 0.4) is 0 Å². The second kappa shape index (κ2) is 4.87. The summed E-state index contributed by atoms with van der Waals surface area (Å²) in [5, 5.41) is 0. The molecule has 0 aliphatic heterocycles. The predicted octanol–water partition coefficient (Wildman–Crippen LogP) is 2.81. The highest BCUT2D eigenvalue weighted by Gasteiger charge is 2.10. The number of aryl methyl sites for hydroxylation is 1. The second-order valence-electron chi connectivity index (χ2n) is 3.41. The van der Waals surface area contributed by atoms with Crippen LogP contribution in [0.2, 0.25) is 0 Å². The smallest absolute Gasteiger partial charge is 0.181 e. The van der Waals surface area contributed by atoms with Gasteiger partial charge in [0.1, 0.15) is 11.3 Å². The summed E-state index contributed by atoms with van der Waals surface area (Å²) in [6, 6.07) is 0. The quantitative estimate of drug-likeness (QED) is 0.780. The molecule has 0 radical (unpaired) electrons. The standard InChI is InChI=1S/C9H12N4.C2H6/c1-5(2)7-8-9(11-4-10-8)13-6(3)12-7;1-2/h4-5H,1-3H3,(H,10,11,12,13);1-2H3. The number of aromatic amines is 1. The zero-order valence-electron chi connectivity index (χ0n) is 10.00. The molecular formula is C11H18N4. The molecule has 2 aromatic rings. The summed E-state index contributed by atoms with van der Waals surface area (Å²) in [6.45, 7) is 10.1. The van der Waals surface area contributed by atoms with Crippen LogP contribution in [-0.2, 0) is 0 Å². The van der Waals surface area contributed by atoms with E-state index in [-0.39, 0.29) is 0 Å². The lowest BCUT2D eigenvalue weighted by atomic mass is 10.1. The molecule has 0 saturated carbocycles. The van der Waals surface area contributed by atoms with Gasteiger partial charge >= 0.3 is 0 Å². The lowest BCUT2D eigenvalue weighted by Gasteiger charge is -2.05. The largest absolute Gasteiger partial charge is 0.342 e. The van der Waals surface area contributed by atoms with Gasteiger partial charge in [0, 0.05) is 0 Å². The molecule has 0 amide bonds. The van der Waals surface area contributed by atoms with Crippen LogP contribution in [0.25, 0.3) is 11.2 Å². The first-order valence-corrected chi connectivity index (χ1v) is 5.36. The fourth-order valence-electron chi connectivity index (χ4n) is 1.39. The van der Waals surface area contributed by atoms with Gasteiger partial charge in [-0.15, -0.1) is 0 Å². The van der Waals surface area contributed by atoms with Crippen molar-refractivity contribution in [2.24, 2.45) is 0 Å². The first-order valence-electron chi connectivity index (χ1n) is 5.36. The van der Waals surface area contributed by atoms with Crippen LogP contribution in [0.15, 0.2) is 6.33 Å². The SMILES string of the molecule is CC.Cc1nc(C(C)C)c2[nH]cnc2n1. The minimum Gasteiger partial charge on any atom is -0.342 e. The maximum Gasteiger partial charge on any atom is 0.181 e. The van der Waals surface area contributed by atoms with Crippen LogP contribution in [0.1, 0.15) is 45.1 Å². The molecule has 4 heteroatoms. The van der Waals surface area contributed by atoms with E-state index in [1.807, 2.05) is 20.8 Å². The summed E-state index contributed by atoms with van der Waals surface area (Å²) in [5.41, 5.74) is 2.76. The summed E-state index contributed by atoms with van der Waals surface area (Å²) in [6.07, 6.45) is 1.66. The maximum absolute atomic E-state index is 4.39. The molecule has 2 rings (SSSR count). The normalized spacial score (nSPS) is 10.3.